The molecule has 2 heteroatoms. The zero-order valence-corrected chi connectivity index (χ0v) is 7.34. The van der Waals surface area contributed by atoms with Gasteiger partial charge in [0.05, 0.1) is 6.10 Å². The Balaban J connectivity index is 2.69. The standard InChI is InChI=1S/C9H12OS/c1-3-7(2)9(10)8-5-4-6-11-8/h3-7,9-10H,1H2,2H3/t7?,9-/m0/s1. The van der Waals surface area contributed by atoms with E-state index in [0.717, 1.165) is 4.88 Å². The van der Waals surface area contributed by atoms with Crippen molar-refractivity contribution in [1.29, 1.82) is 0 Å². The number of aliphatic hydroxyl groups excluding tert-OH is 1. The third-order valence-corrected chi connectivity index (χ3v) is 2.65. The van der Waals surface area contributed by atoms with E-state index in [-0.39, 0.29) is 12.0 Å². The molecule has 1 rings (SSSR count). The average Bonchev–Trinajstić information content (AvgIpc) is 2.53. The van der Waals surface area contributed by atoms with E-state index in [9.17, 15) is 5.11 Å². The van der Waals surface area contributed by atoms with Gasteiger partial charge in [0, 0.05) is 10.8 Å². The van der Waals surface area contributed by atoms with Gasteiger partial charge in [-0.05, 0) is 11.4 Å². The molecule has 0 aliphatic rings. The van der Waals surface area contributed by atoms with Crippen LogP contribution in [-0.4, -0.2) is 5.11 Å². The topological polar surface area (TPSA) is 20.2 Å². The summed E-state index contributed by atoms with van der Waals surface area (Å²) in [5.41, 5.74) is 0. The fraction of sp³-hybridized carbons (Fsp3) is 0.333. The lowest BCUT2D eigenvalue weighted by Crippen LogP contribution is -2.03. The monoisotopic (exact) mass is 168 g/mol. The van der Waals surface area contributed by atoms with Gasteiger partial charge < -0.3 is 5.11 Å². The zero-order chi connectivity index (χ0) is 8.27. The Kier molecular flexibility index (Phi) is 2.85. The van der Waals surface area contributed by atoms with Crippen molar-refractivity contribution in [2.45, 2.75) is 13.0 Å². The molecule has 0 aliphatic carbocycles. The molecule has 0 aromatic carbocycles. The van der Waals surface area contributed by atoms with Gasteiger partial charge in [0.25, 0.3) is 0 Å². The Morgan fingerprint density at radius 1 is 1.73 bits per heavy atom. The van der Waals surface area contributed by atoms with Crippen molar-refractivity contribution in [2.75, 3.05) is 0 Å². The van der Waals surface area contributed by atoms with Crippen LogP contribution in [0.5, 0.6) is 0 Å². The normalized spacial score (nSPS) is 15.8. The van der Waals surface area contributed by atoms with Gasteiger partial charge >= 0.3 is 0 Å². The van der Waals surface area contributed by atoms with Gasteiger partial charge in [-0.15, -0.1) is 17.9 Å². The van der Waals surface area contributed by atoms with Gasteiger partial charge in [0.15, 0.2) is 0 Å². The smallest absolute Gasteiger partial charge is 0.0941 e. The molecular weight excluding hydrogens is 156 g/mol. The number of aliphatic hydroxyl groups is 1. The highest BCUT2D eigenvalue weighted by molar-refractivity contribution is 7.10. The summed E-state index contributed by atoms with van der Waals surface area (Å²) in [4.78, 5) is 1.01. The molecule has 1 N–H and O–H groups in total. The predicted octanol–water partition coefficient (Wildman–Crippen LogP) is 2.60. The molecule has 0 saturated heterocycles. The van der Waals surface area contributed by atoms with Gasteiger partial charge in [-0.2, -0.15) is 0 Å². The minimum Gasteiger partial charge on any atom is -0.387 e. The molecule has 0 spiro atoms. The molecule has 0 bridgehead atoms. The van der Waals surface area contributed by atoms with Gasteiger partial charge in [0.1, 0.15) is 0 Å². The molecule has 1 aromatic rings. The molecule has 60 valence electrons. The summed E-state index contributed by atoms with van der Waals surface area (Å²) in [5, 5.41) is 11.6. The summed E-state index contributed by atoms with van der Waals surface area (Å²) in [6, 6.07) is 3.88. The van der Waals surface area contributed by atoms with Crippen LogP contribution < -0.4 is 0 Å². The molecule has 1 nitrogen and oxygen atoms in total. The highest BCUT2D eigenvalue weighted by Crippen LogP contribution is 2.25. The van der Waals surface area contributed by atoms with E-state index in [1.54, 1.807) is 17.4 Å². The van der Waals surface area contributed by atoms with Crippen LogP contribution in [0, 0.1) is 5.92 Å². The summed E-state index contributed by atoms with van der Waals surface area (Å²) in [6.45, 7) is 5.59. The molecule has 0 aliphatic heterocycles. The molecule has 1 heterocycles. The van der Waals surface area contributed by atoms with Crippen LogP contribution in [-0.2, 0) is 0 Å². The van der Waals surface area contributed by atoms with Crippen LogP contribution in [0.1, 0.15) is 17.9 Å². The third kappa shape index (κ3) is 1.91. The maximum absolute atomic E-state index is 9.62. The molecule has 2 atom stereocenters. The van der Waals surface area contributed by atoms with Crippen molar-refractivity contribution in [3.63, 3.8) is 0 Å². The van der Waals surface area contributed by atoms with Crippen molar-refractivity contribution in [2.24, 2.45) is 5.92 Å². The molecule has 11 heavy (non-hydrogen) atoms. The summed E-state index contributed by atoms with van der Waals surface area (Å²) in [7, 11) is 0. The van der Waals surface area contributed by atoms with Gasteiger partial charge in [-0.25, -0.2) is 0 Å². The first-order chi connectivity index (χ1) is 5.25. The van der Waals surface area contributed by atoms with Crippen molar-refractivity contribution in [3.8, 4) is 0 Å². The second-order valence-electron chi connectivity index (χ2n) is 2.56. The number of hydrogen-bond acceptors (Lipinski definition) is 2. The summed E-state index contributed by atoms with van der Waals surface area (Å²) >= 11 is 1.58. The molecular formula is C9H12OS. The van der Waals surface area contributed by atoms with Crippen LogP contribution >= 0.6 is 11.3 Å². The first kappa shape index (κ1) is 8.50. The highest BCUT2D eigenvalue weighted by atomic mass is 32.1. The lowest BCUT2D eigenvalue weighted by molar-refractivity contribution is 0.143. The fourth-order valence-electron chi connectivity index (χ4n) is 0.848. The molecule has 1 unspecified atom stereocenters. The van der Waals surface area contributed by atoms with E-state index in [0.29, 0.717) is 0 Å². The van der Waals surface area contributed by atoms with Gasteiger partial charge in [0.2, 0.25) is 0 Å². The van der Waals surface area contributed by atoms with Crippen molar-refractivity contribution < 1.29 is 5.11 Å². The second-order valence-corrected chi connectivity index (χ2v) is 3.53. The van der Waals surface area contributed by atoms with Gasteiger partial charge in [-0.3, -0.25) is 0 Å². The van der Waals surface area contributed by atoms with E-state index >= 15 is 0 Å². The number of hydrogen-bond donors (Lipinski definition) is 1. The Morgan fingerprint density at radius 2 is 2.45 bits per heavy atom. The summed E-state index contributed by atoms with van der Waals surface area (Å²) < 4.78 is 0. The Morgan fingerprint density at radius 3 is 2.91 bits per heavy atom. The Hall–Kier alpha value is -0.600. The van der Waals surface area contributed by atoms with Gasteiger partial charge in [-0.1, -0.05) is 19.1 Å². The van der Waals surface area contributed by atoms with E-state index < -0.39 is 0 Å². The largest absolute Gasteiger partial charge is 0.387 e. The highest BCUT2D eigenvalue weighted by Gasteiger charge is 2.13. The first-order valence-corrected chi connectivity index (χ1v) is 4.47. The first-order valence-electron chi connectivity index (χ1n) is 3.59. The third-order valence-electron chi connectivity index (χ3n) is 1.70. The minimum absolute atomic E-state index is 0.133. The lowest BCUT2D eigenvalue weighted by Gasteiger charge is -2.12. The average molecular weight is 168 g/mol. The lowest BCUT2D eigenvalue weighted by atomic mass is 10.0. The predicted molar refractivity (Wildman–Crippen MR) is 48.6 cm³/mol. The van der Waals surface area contributed by atoms with Crippen LogP contribution in [0.25, 0.3) is 0 Å². The molecule has 0 radical (unpaired) electrons. The van der Waals surface area contributed by atoms with Crippen molar-refractivity contribution in [1.82, 2.24) is 0 Å². The van der Waals surface area contributed by atoms with Crippen LogP contribution in [0.15, 0.2) is 30.2 Å². The maximum Gasteiger partial charge on any atom is 0.0941 e. The van der Waals surface area contributed by atoms with Crippen LogP contribution in [0.2, 0.25) is 0 Å². The molecule has 0 amide bonds. The van der Waals surface area contributed by atoms with E-state index in [1.165, 1.54) is 0 Å². The summed E-state index contributed by atoms with van der Waals surface area (Å²) in [5.74, 6) is 0.133. The summed E-state index contributed by atoms with van der Waals surface area (Å²) in [6.07, 6.45) is 1.39. The van der Waals surface area contributed by atoms with E-state index in [1.807, 2.05) is 24.4 Å². The Bertz CT molecular complexity index is 215. The molecule has 1 aromatic heterocycles. The molecule has 0 fully saturated rings. The fourth-order valence-corrected chi connectivity index (χ4v) is 1.67. The minimum atomic E-state index is -0.382. The van der Waals surface area contributed by atoms with Crippen LogP contribution in [0.3, 0.4) is 0 Å². The SMILES string of the molecule is C=CC(C)[C@H](O)c1cccs1. The Labute approximate surface area is 71.0 Å². The maximum atomic E-state index is 9.62. The van der Waals surface area contributed by atoms with E-state index in [2.05, 4.69) is 6.58 Å². The molecule has 0 saturated carbocycles. The number of thiophene rings is 1. The van der Waals surface area contributed by atoms with E-state index in [4.69, 9.17) is 0 Å². The quantitative estimate of drug-likeness (QED) is 0.688. The van der Waals surface area contributed by atoms with Crippen LogP contribution in [0.4, 0.5) is 0 Å². The zero-order valence-electron chi connectivity index (χ0n) is 6.53. The van der Waals surface area contributed by atoms with Crippen molar-refractivity contribution >= 4 is 11.3 Å². The number of rotatable bonds is 3. The van der Waals surface area contributed by atoms with Crippen molar-refractivity contribution in [3.05, 3.63) is 35.0 Å². The second kappa shape index (κ2) is 3.69.